The number of halogens is 5. The zero-order valence-electron chi connectivity index (χ0n) is 19.5. The predicted molar refractivity (Wildman–Crippen MR) is 127 cm³/mol. The van der Waals surface area contributed by atoms with Crippen molar-refractivity contribution in [3.05, 3.63) is 77.9 Å². The zero-order chi connectivity index (χ0) is 27.4. The second kappa shape index (κ2) is 10.8. The van der Waals surface area contributed by atoms with Crippen molar-refractivity contribution in [3.63, 3.8) is 0 Å². The molecular formula is C24H23F5N6O2. The molecule has 37 heavy (non-hydrogen) atoms. The molecule has 2 aromatic rings. The van der Waals surface area contributed by atoms with Crippen molar-refractivity contribution in [2.45, 2.75) is 37.5 Å². The van der Waals surface area contributed by atoms with E-state index in [0.717, 1.165) is 30.6 Å². The number of aromatic nitrogens is 1. The topological polar surface area (TPSA) is 121 Å². The van der Waals surface area contributed by atoms with Crippen LogP contribution in [0.5, 0.6) is 0 Å². The summed E-state index contributed by atoms with van der Waals surface area (Å²) in [6.07, 6.45) is 0.223. The molecule has 1 saturated carbocycles. The molecule has 1 fully saturated rings. The molecule has 1 aliphatic carbocycles. The number of carbonyl (C=O) groups excluding carboxylic acids is 2. The van der Waals surface area contributed by atoms with Gasteiger partial charge in [0, 0.05) is 24.7 Å². The van der Waals surface area contributed by atoms with E-state index in [2.05, 4.69) is 32.5 Å². The summed E-state index contributed by atoms with van der Waals surface area (Å²) in [5, 5.41) is 7.36. The number of nitrogens with one attached hydrogen (secondary N) is 3. The van der Waals surface area contributed by atoms with E-state index in [0.29, 0.717) is 18.9 Å². The highest BCUT2D eigenvalue weighted by atomic mass is 19.4. The maximum Gasteiger partial charge on any atom is 0.418 e. The molecule has 1 atom stereocenters. The molecule has 1 aromatic heterocycles. The molecule has 0 spiro atoms. The average Bonchev–Trinajstić information content (AvgIpc) is 3.60. The van der Waals surface area contributed by atoms with E-state index in [1.807, 2.05) is 0 Å². The summed E-state index contributed by atoms with van der Waals surface area (Å²) in [6.45, 7) is 4.83. The number of aliphatic imine (C=N–C) groups is 1. The number of benzene rings is 1. The molecule has 0 aliphatic heterocycles. The molecule has 1 heterocycles. The molecule has 8 nitrogen and oxygen atoms in total. The predicted octanol–water partition coefficient (Wildman–Crippen LogP) is 4.01. The number of alkyl halides is 3. The fourth-order valence-corrected chi connectivity index (χ4v) is 3.40. The Kier molecular flexibility index (Phi) is 7.94. The van der Waals surface area contributed by atoms with Crippen LogP contribution in [0.3, 0.4) is 0 Å². The highest BCUT2D eigenvalue weighted by Crippen LogP contribution is 2.38. The number of nitrogens with zero attached hydrogens (tertiary/aromatic N) is 2. The van der Waals surface area contributed by atoms with E-state index < -0.39 is 52.5 Å². The smallest absolute Gasteiger partial charge is 0.404 e. The van der Waals surface area contributed by atoms with Crippen LogP contribution in [-0.4, -0.2) is 28.6 Å². The van der Waals surface area contributed by atoms with Gasteiger partial charge < -0.3 is 21.7 Å². The largest absolute Gasteiger partial charge is 0.418 e. The minimum Gasteiger partial charge on any atom is -0.404 e. The average molecular weight is 522 g/mol. The Bertz CT molecular complexity index is 1270. The van der Waals surface area contributed by atoms with Gasteiger partial charge >= 0.3 is 6.18 Å². The quantitative estimate of drug-likeness (QED) is 0.225. The number of para-hydroxylation sites is 1. The van der Waals surface area contributed by atoms with Gasteiger partial charge in [0.15, 0.2) is 0 Å². The Morgan fingerprint density at radius 1 is 1.24 bits per heavy atom. The number of pyridine rings is 1. The van der Waals surface area contributed by atoms with Gasteiger partial charge in [0.25, 0.3) is 5.91 Å². The van der Waals surface area contributed by atoms with Crippen LogP contribution < -0.4 is 21.7 Å². The standard InChI is InChI=1S/C24H23F5N6O2/c1-3-31-11-14(10-30)21(36)35-23(7-8-23)22(37)33-13(2)19-18(26)9-15(12-32-19)34-20-16(24(27,28)29)5-4-6-17(20)25/h3-6,9-13,34H,1,7-8,30H2,2H3,(H,33,37)(H,35,36)/b14-10+,31-11?. The molecule has 1 aromatic carbocycles. The number of carbonyl (C=O) groups is 2. The summed E-state index contributed by atoms with van der Waals surface area (Å²) in [5.74, 6) is -3.36. The minimum atomic E-state index is -4.84. The highest BCUT2D eigenvalue weighted by molar-refractivity contribution is 6.13. The van der Waals surface area contributed by atoms with Gasteiger partial charge in [-0.25, -0.2) is 8.78 Å². The first-order chi connectivity index (χ1) is 17.4. The van der Waals surface area contributed by atoms with Gasteiger partial charge in [0.2, 0.25) is 5.91 Å². The van der Waals surface area contributed by atoms with E-state index in [1.54, 1.807) is 0 Å². The second-order valence-corrected chi connectivity index (χ2v) is 8.19. The molecule has 1 aliphatic rings. The lowest BCUT2D eigenvalue weighted by atomic mass is 10.1. The fraction of sp³-hybridized carbons (Fsp3) is 0.250. The van der Waals surface area contributed by atoms with E-state index in [9.17, 15) is 31.5 Å². The van der Waals surface area contributed by atoms with Crippen molar-refractivity contribution in [1.82, 2.24) is 15.6 Å². The summed E-state index contributed by atoms with van der Waals surface area (Å²) in [4.78, 5) is 32.8. The fourth-order valence-electron chi connectivity index (χ4n) is 3.40. The molecule has 2 amide bonds. The summed E-state index contributed by atoms with van der Waals surface area (Å²) in [5.41, 5.74) is 1.61. The third-order valence-corrected chi connectivity index (χ3v) is 5.51. The van der Waals surface area contributed by atoms with E-state index in [1.165, 1.54) is 19.3 Å². The maximum absolute atomic E-state index is 14.8. The molecule has 3 rings (SSSR count). The van der Waals surface area contributed by atoms with Crippen LogP contribution in [-0.2, 0) is 15.8 Å². The van der Waals surface area contributed by atoms with Crippen molar-refractivity contribution >= 4 is 29.4 Å². The summed E-state index contributed by atoms with van der Waals surface area (Å²) < 4.78 is 68.5. The van der Waals surface area contributed by atoms with Gasteiger partial charge in [-0.3, -0.25) is 19.6 Å². The van der Waals surface area contributed by atoms with Gasteiger partial charge in [-0.15, -0.1) is 0 Å². The van der Waals surface area contributed by atoms with Gasteiger partial charge in [-0.1, -0.05) is 12.6 Å². The van der Waals surface area contributed by atoms with Crippen LogP contribution in [0, 0.1) is 11.6 Å². The Hall–Kier alpha value is -4.29. The Labute approximate surface area is 208 Å². The van der Waals surface area contributed by atoms with Crippen molar-refractivity contribution in [2.75, 3.05) is 5.32 Å². The molecular weight excluding hydrogens is 499 g/mol. The van der Waals surface area contributed by atoms with E-state index in [4.69, 9.17) is 5.73 Å². The first-order valence-electron chi connectivity index (χ1n) is 10.9. The highest BCUT2D eigenvalue weighted by Gasteiger charge is 2.51. The van der Waals surface area contributed by atoms with Crippen LogP contribution in [0.4, 0.5) is 33.3 Å². The summed E-state index contributed by atoms with van der Waals surface area (Å²) >= 11 is 0. The van der Waals surface area contributed by atoms with Crippen molar-refractivity contribution in [2.24, 2.45) is 10.7 Å². The first-order valence-corrected chi connectivity index (χ1v) is 10.9. The number of hydrogen-bond donors (Lipinski definition) is 4. The van der Waals surface area contributed by atoms with Crippen LogP contribution >= 0.6 is 0 Å². The zero-order valence-corrected chi connectivity index (χ0v) is 19.5. The van der Waals surface area contributed by atoms with E-state index in [-0.39, 0.29) is 17.0 Å². The molecule has 0 radical (unpaired) electrons. The number of amides is 2. The Morgan fingerprint density at radius 2 is 1.95 bits per heavy atom. The lowest BCUT2D eigenvalue weighted by molar-refractivity contribution is -0.137. The lowest BCUT2D eigenvalue weighted by Crippen LogP contribution is -2.50. The van der Waals surface area contributed by atoms with E-state index >= 15 is 0 Å². The third kappa shape index (κ3) is 6.29. The number of nitrogens with two attached hydrogens (primary N) is 1. The van der Waals surface area contributed by atoms with Crippen LogP contribution in [0.2, 0.25) is 0 Å². The van der Waals surface area contributed by atoms with Crippen molar-refractivity contribution < 1.29 is 31.5 Å². The van der Waals surface area contributed by atoms with Crippen LogP contribution in [0.1, 0.15) is 37.1 Å². The minimum absolute atomic E-state index is 0.00589. The molecule has 0 saturated heterocycles. The molecule has 5 N–H and O–H groups in total. The third-order valence-electron chi connectivity index (χ3n) is 5.51. The van der Waals surface area contributed by atoms with Gasteiger partial charge in [0.1, 0.15) is 17.2 Å². The van der Waals surface area contributed by atoms with Crippen molar-refractivity contribution in [1.29, 1.82) is 0 Å². The first kappa shape index (κ1) is 27.3. The summed E-state index contributed by atoms with van der Waals surface area (Å²) in [7, 11) is 0. The van der Waals surface area contributed by atoms with Crippen LogP contribution in [0.25, 0.3) is 0 Å². The molecule has 1 unspecified atom stereocenters. The van der Waals surface area contributed by atoms with Gasteiger partial charge in [-0.05, 0) is 31.9 Å². The molecule has 0 bridgehead atoms. The summed E-state index contributed by atoms with van der Waals surface area (Å²) in [6, 6.07) is 2.29. The number of anilines is 2. The monoisotopic (exact) mass is 522 g/mol. The lowest BCUT2D eigenvalue weighted by Gasteiger charge is -2.21. The van der Waals surface area contributed by atoms with Gasteiger partial charge in [0.05, 0.1) is 40.4 Å². The molecule has 196 valence electrons. The Balaban J connectivity index is 1.72. The number of hydrogen-bond acceptors (Lipinski definition) is 6. The number of rotatable bonds is 9. The van der Waals surface area contributed by atoms with Gasteiger partial charge in [-0.2, -0.15) is 13.2 Å². The Morgan fingerprint density at radius 3 is 2.51 bits per heavy atom. The van der Waals surface area contributed by atoms with Crippen LogP contribution in [0.15, 0.2) is 60.0 Å². The second-order valence-electron chi connectivity index (χ2n) is 8.19. The SMILES string of the molecule is C=CN=C/C(=C\N)C(=O)NC1(C(=O)NC(C)c2ncc(Nc3c(F)cccc3C(F)(F)F)cc2F)CC1. The maximum atomic E-state index is 14.8. The van der Waals surface area contributed by atoms with Crippen molar-refractivity contribution in [3.8, 4) is 0 Å². The molecule has 13 heteroatoms. The normalized spacial score (nSPS) is 15.7.